The molecule has 0 radical (unpaired) electrons. The number of guanidine groups is 1. The van der Waals surface area contributed by atoms with Crippen LogP contribution in [0, 0.1) is 12.3 Å². The molecule has 1 aromatic heterocycles. The monoisotopic (exact) mass is 443 g/mol. The summed E-state index contributed by atoms with van der Waals surface area (Å²) in [4.78, 5) is 34.9. The molecule has 2 heterocycles. The highest BCUT2D eigenvalue weighted by atomic mass is 16.7. The maximum absolute atomic E-state index is 12.8. The molecule has 11 heteroatoms. The van der Waals surface area contributed by atoms with Crippen LogP contribution in [-0.2, 0) is 22.6 Å². The number of amides is 1. The summed E-state index contributed by atoms with van der Waals surface area (Å²) in [6, 6.07) is 7.50. The molecule has 1 aliphatic rings. The Balaban J connectivity index is 1.55. The molecule has 1 saturated heterocycles. The maximum atomic E-state index is 12.8. The van der Waals surface area contributed by atoms with Gasteiger partial charge in [-0.25, -0.2) is 10.0 Å². The second kappa shape index (κ2) is 10.6. The quantitative estimate of drug-likeness (QED) is 0.335. The van der Waals surface area contributed by atoms with Crippen molar-refractivity contribution in [3.63, 3.8) is 0 Å². The summed E-state index contributed by atoms with van der Waals surface area (Å²) in [5.41, 5.74) is 6.73. The highest BCUT2D eigenvalue weighted by Gasteiger charge is 2.23. The van der Waals surface area contributed by atoms with Crippen molar-refractivity contribution >= 4 is 17.7 Å². The molecule has 0 bridgehead atoms. The Morgan fingerprint density at radius 1 is 1.38 bits per heavy atom. The summed E-state index contributed by atoms with van der Waals surface area (Å²) < 4.78 is 6.54. The number of nitrogens with two attached hydrogens (primary N) is 1. The third-order valence-corrected chi connectivity index (χ3v) is 5.17. The summed E-state index contributed by atoms with van der Waals surface area (Å²) >= 11 is 0. The van der Waals surface area contributed by atoms with Crippen molar-refractivity contribution in [3.8, 4) is 5.75 Å². The lowest BCUT2D eigenvalue weighted by molar-refractivity contribution is -0.143. The highest BCUT2D eigenvalue weighted by Crippen LogP contribution is 2.12. The predicted molar refractivity (Wildman–Crippen MR) is 120 cm³/mol. The van der Waals surface area contributed by atoms with Crippen molar-refractivity contribution in [1.82, 2.24) is 19.9 Å². The van der Waals surface area contributed by atoms with Gasteiger partial charge in [0.25, 0.3) is 5.56 Å². The Labute approximate surface area is 186 Å². The molecule has 11 nitrogen and oxygen atoms in total. The summed E-state index contributed by atoms with van der Waals surface area (Å²) in [5.74, 6) is 0.533. The van der Waals surface area contributed by atoms with Gasteiger partial charge in [-0.3, -0.25) is 24.4 Å². The van der Waals surface area contributed by atoms with Crippen LogP contribution < -0.4 is 26.7 Å². The fourth-order valence-electron chi connectivity index (χ4n) is 3.33. The first-order chi connectivity index (χ1) is 15.4. The SMILES string of the molecule is COc1ccc(CCNc2ncc(C)n(CC(=O)NC3CCN(C(=N)N)OC3)c2=O)cc1. The summed E-state index contributed by atoms with van der Waals surface area (Å²) in [7, 11) is 1.62. The molecule has 1 atom stereocenters. The van der Waals surface area contributed by atoms with E-state index in [0.717, 1.165) is 11.3 Å². The van der Waals surface area contributed by atoms with Crippen molar-refractivity contribution in [2.45, 2.75) is 32.4 Å². The van der Waals surface area contributed by atoms with Gasteiger partial charge in [0.15, 0.2) is 5.82 Å². The molecule has 1 aromatic carbocycles. The lowest BCUT2D eigenvalue weighted by atomic mass is 10.1. The Morgan fingerprint density at radius 2 is 2.12 bits per heavy atom. The zero-order valence-corrected chi connectivity index (χ0v) is 18.3. The van der Waals surface area contributed by atoms with Crippen molar-refractivity contribution in [1.29, 1.82) is 5.41 Å². The molecular weight excluding hydrogens is 414 g/mol. The lowest BCUT2D eigenvalue weighted by Gasteiger charge is -2.31. The molecular formula is C21H29N7O4. The number of nitrogens with one attached hydrogen (secondary N) is 3. The van der Waals surface area contributed by atoms with Crippen LogP contribution in [0.3, 0.4) is 0 Å². The Hall–Kier alpha value is -3.60. The number of anilines is 1. The van der Waals surface area contributed by atoms with Crippen molar-refractivity contribution in [2.24, 2.45) is 5.73 Å². The molecule has 2 aromatic rings. The van der Waals surface area contributed by atoms with Gasteiger partial charge in [-0.1, -0.05) is 12.1 Å². The highest BCUT2D eigenvalue weighted by molar-refractivity contribution is 5.76. The van der Waals surface area contributed by atoms with E-state index in [9.17, 15) is 9.59 Å². The van der Waals surface area contributed by atoms with E-state index in [1.165, 1.54) is 9.63 Å². The van der Waals surface area contributed by atoms with Gasteiger partial charge in [-0.2, -0.15) is 0 Å². The van der Waals surface area contributed by atoms with Crippen LogP contribution in [0.4, 0.5) is 5.82 Å². The topological polar surface area (TPSA) is 148 Å². The number of hydrogen-bond donors (Lipinski definition) is 4. The number of hydrogen-bond acceptors (Lipinski definition) is 7. The van der Waals surface area contributed by atoms with Crippen molar-refractivity contribution < 1.29 is 14.4 Å². The largest absolute Gasteiger partial charge is 0.497 e. The molecule has 0 saturated carbocycles. The van der Waals surface area contributed by atoms with E-state index in [-0.39, 0.29) is 42.4 Å². The van der Waals surface area contributed by atoms with Gasteiger partial charge in [0.05, 0.1) is 26.3 Å². The number of benzene rings is 1. The number of aromatic nitrogens is 2. The minimum Gasteiger partial charge on any atom is -0.497 e. The number of nitrogens with zero attached hydrogens (tertiary/aromatic N) is 3. The van der Waals surface area contributed by atoms with Gasteiger partial charge >= 0.3 is 0 Å². The van der Waals surface area contributed by atoms with Crippen LogP contribution in [0.15, 0.2) is 35.3 Å². The molecule has 172 valence electrons. The van der Waals surface area contributed by atoms with Gasteiger partial charge in [0.1, 0.15) is 12.3 Å². The van der Waals surface area contributed by atoms with E-state index in [1.807, 2.05) is 24.3 Å². The van der Waals surface area contributed by atoms with E-state index in [2.05, 4.69) is 15.6 Å². The van der Waals surface area contributed by atoms with Gasteiger partial charge < -0.3 is 21.1 Å². The molecule has 32 heavy (non-hydrogen) atoms. The first-order valence-corrected chi connectivity index (χ1v) is 10.3. The first kappa shape index (κ1) is 23.1. The number of hydroxylamine groups is 2. The number of carbonyl (C=O) groups excluding carboxylic acids is 1. The third kappa shape index (κ3) is 5.97. The molecule has 3 rings (SSSR count). The minimum atomic E-state index is -0.350. The predicted octanol–water partition coefficient (Wildman–Crippen LogP) is 0.230. The normalized spacial score (nSPS) is 15.8. The Kier molecular flexibility index (Phi) is 7.66. The smallest absolute Gasteiger partial charge is 0.293 e. The van der Waals surface area contributed by atoms with Crippen molar-refractivity contribution in [3.05, 3.63) is 52.1 Å². The van der Waals surface area contributed by atoms with Crippen LogP contribution in [-0.4, -0.2) is 59.3 Å². The minimum absolute atomic E-state index is 0.118. The molecule has 5 N–H and O–H groups in total. The van der Waals surface area contributed by atoms with Gasteiger partial charge in [0, 0.05) is 18.4 Å². The van der Waals surface area contributed by atoms with Crippen LogP contribution in [0.2, 0.25) is 0 Å². The molecule has 1 unspecified atom stereocenters. The van der Waals surface area contributed by atoms with Gasteiger partial charge in [-0.05, 0) is 37.5 Å². The zero-order valence-electron chi connectivity index (χ0n) is 18.3. The number of aryl methyl sites for hydroxylation is 1. The van der Waals surface area contributed by atoms with Crippen LogP contribution in [0.5, 0.6) is 5.75 Å². The van der Waals surface area contributed by atoms with Crippen LogP contribution in [0.25, 0.3) is 0 Å². The number of methoxy groups -OCH3 is 1. The summed E-state index contributed by atoms with van der Waals surface area (Å²) in [6.45, 7) is 2.77. The third-order valence-electron chi connectivity index (χ3n) is 5.17. The average Bonchev–Trinajstić information content (AvgIpc) is 2.79. The van der Waals surface area contributed by atoms with E-state index in [1.54, 1.807) is 20.2 Å². The van der Waals surface area contributed by atoms with Crippen molar-refractivity contribution in [2.75, 3.05) is 32.1 Å². The second-order valence-electron chi connectivity index (χ2n) is 7.50. The summed E-state index contributed by atoms with van der Waals surface area (Å²) in [6.07, 6.45) is 2.87. The van der Waals surface area contributed by atoms with Crippen LogP contribution >= 0.6 is 0 Å². The van der Waals surface area contributed by atoms with E-state index >= 15 is 0 Å². The molecule has 0 spiro atoms. The summed E-state index contributed by atoms with van der Waals surface area (Å²) in [5, 5.41) is 14.6. The van der Waals surface area contributed by atoms with Gasteiger partial charge in [-0.15, -0.1) is 0 Å². The fraction of sp³-hybridized carbons (Fsp3) is 0.429. The molecule has 1 aliphatic heterocycles. The average molecular weight is 444 g/mol. The standard InChI is InChI=1S/C21H29N7O4/c1-14-11-25-19(24-9-7-15-3-5-17(31-2)6-4-15)20(30)27(14)12-18(29)26-16-8-10-28(21(22)23)32-13-16/h3-6,11,16H,7-10,12-13H2,1-2H3,(H3,22,23)(H,24,25)(H,26,29). The number of ether oxygens (including phenoxy) is 1. The molecule has 1 fully saturated rings. The first-order valence-electron chi connectivity index (χ1n) is 10.3. The Bertz CT molecular complexity index is 998. The van der Waals surface area contributed by atoms with E-state index in [0.29, 0.717) is 31.6 Å². The lowest BCUT2D eigenvalue weighted by Crippen LogP contribution is -2.50. The van der Waals surface area contributed by atoms with Gasteiger partial charge in [0.2, 0.25) is 11.9 Å². The fourth-order valence-corrected chi connectivity index (χ4v) is 3.33. The molecule has 1 amide bonds. The maximum Gasteiger partial charge on any atom is 0.293 e. The van der Waals surface area contributed by atoms with E-state index in [4.69, 9.17) is 20.7 Å². The molecule has 0 aliphatic carbocycles. The zero-order chi connectivity index (χ0) is 23.1. The Morgan fingerprint density at radius 3 is 2.75 bits per heavy atom. The second-order valence-corrected chi connectivity index (χ2v) is 7.50. The number of rotatable bonds is 8. The van der Waals surface area contributed by atoms with E-state index < -0.39 is 0 Å². The van der Waals surface area contributed by atoms with Crippen LogP contribution in [0.1, 0.15) is 17.7 Å². The number of carbonyl (C=O) groups is 1.